The van der Waals surface area contributed by atoms with Gasteiger partial charge in [-0.3, -0.25) is 0 Å². The van der Waals surface area contributed by atoms with Gasteiger partial charge in [-0.15, -0.1) is 0 Å². The Morgan fingerprint density at radius 2 is 0.909 bits per heavy atom. The van der Waals surface area contributed by atoms with Crippen molar-refractivity contribution in [1.29, 1.82) is 0 Å². The average Bonchev–Trinajstić information content (AvgIpc) is 1.59. The second-order valence-corrected chi connectivity index (χ2v) is 3.99. The molecule has 0 aromatic carbocycles. The molecule has 0 unspecified atom stereocenters. The molecule has 0 aliphatic rings. The molecule has 0 fully saturated rings. The molecular formula is C3Cl6F2. The van der Waals surface area contributed by atoms with Gasteiger partial charge in [-0.1, -0.05) is 46.4 Å². The summed E-state index contributed by atoms with van der Waals surface area (Å²) in [6.45, 7) is 0. The van der Waals surface area contributed by atoms with Crippen LogP contribution >= 0.6 is 69.6 Å². The number of hydrogen-bond donors (Lipinski definition) is 0. The van der Waals surface area contributed by atoms with Crippen molar-refractivity contribution < 1.29 is 8.78 Å². The Morgan fingerprint density at radius 3 is 0.909 bits per heavy atom. The summed E-state index contributed by atoms with van der Waals surface area (Å²) in [4.78, 5) is -3.56. The molecule has 0 aliphatic heterocycles. The van der Waals surface area contributed by atoms with Crippen molar-refractivity contribution in [1.82, 2.24) is 0 Å². The minimum absolute atomic E-state index is 0.0988. The molecule has 0 heterocycles. The standard InChI is InChI=1S/C2Cl4.CCl2F2/c3-1(4)2(5)6;2-1(3,4)5. The van der Waals surface area contributed by atoms with Gasteiger partial charge in [0.15, 0.2) is 0 Å². The molecule has 0 atom stereocenters. The Kier molecular flexibility index (Phi) is 9.19. The normalized spacial score (nSPS) is 9.82. The van der Waals surface area contributed by atoms with E-state index in [0.29, 0.717) is 0 Å². The largest absolute Gasteiger partial charge is 0.401 e. The van der Waals surface area contributed by atoms with E-state index in [0.717, 1.165) is 0 Å². The Morgan fingerprint density at radius 1 is 0.818 bits per heavy atom. The van der Waals surface area contributed by atoms with Crippen molar-refractivity contribution in [2.24, 2.45) is 0 Å². The molecule has 0 saturated heterocycles. The molecule has 0 amide bonds. The van der Waals surface area contributed by atoms with Gasteiger partial charge in [0, 0.05) is 0 Å². The van der Waals surface area contributed by atoms with Crippen LogP contribution in [0.25, 0.3) is 0 Å². The molecule has 68 valence electrons. The Labute approximate surface area is 91.9 Å². The Hall–Kier alpha value is 1.34. The van der Waals surface area contributed by atoms with Gasteiger partial charge < -0.3 is 0 Å². The highest BCUT2D eigenvalue weighted by molar-refractivity contribution is 6.67. The van der Waals surface area contributed by atoms with Crippen molar-refractivity contribution in [3.8, 4) is 0 Å². The third-order valence-electron chi connectivity index (χ3n) is 0.143. The lowest BCUT2D eigenvalue weighted by Gasteiger charge is -1.87. The van der Waals surface area contributed by atoms with Crippen molar-refractivity contribution in [2.75, 3.05) is 0 Å². The van der Waals surface area contributed by atoms with Gasteiger partial charge in [-0.2, -0.15) is 8.78 Å². The molecule has 0 aliphatic carbocycles. The predicted molar refractivity (Wildman–Crippen MR) is 47.1 cm³/mol. The first-order chi connectivity index (χ1) is 4.64. The molecule has 0 N–H and O–H groups in total. The first-order valence-electron chi connectivity index (χ1n) is 1.76. The summed E-state index contributed by atoms with van der Waals surface area (Å²) in [7, 11) is 0. The van der Waals surface area contributed by atoms with Gasteiger partial charge in [0.2, 0.25) is 0 Å². The van der Waals surface area contributed by atoms with Crippen LogP contribution < -0.4 is 0 Å². The molecule has 0 spiro atoms. The lowest BCUT2D eigenvalue weighted by molar-refractivity contribution is 0.194. The van der Waals surface area contributed by atoms with Crippen LogP contribution in [-0.4, -0.2) is 4.84 Å². The van der Waals surface area contributed by atoms with E-state index in [1.165, 1.54) is 0 Å². The minimum Gasteiger partial charge on any atom is -0.172 e. The maximum absolute atomic E-state index is 10.6. The topological polar surface area (TPSA) is 0 Å². The average molecular weight is 287 g/mol. The number of halogens is 8. The quantitative estimate of drug-likeness (QED) is 0.545. The zero-order valence-electron chi connectivity index (χ0n) is 4.52. The minimum atomic E-state index is -3.56. The van der Waals surface area contributed by atoms with Gasteiger partial charge in [-0.05, 0) is 23.2 Å². The van der Waals surface area contributed by atoms with E-state index < -0.39 is 4.84 Å². The molecule has 0 aromatic heterocycles. The Bertz CT molecular complexity index is 113. The number of alkyl halides is 4. The third kappa shape index (κ3) is 34.7. The van der Waals surface area contributed by atoms with Crippen LogP contribution in [0.5, 0.6) is 0 Å². The van der Waals surface area contributed by atoms with E-state index in [-0.39, 0.29) is 8.98 Å². The zero-order valence-corrected chi connectivity index (χ0v) is 9.06. The molecule has 0 radical (unpaired) electrons. The van der Waals surface area contributed by atoms with Crippen molar-refractivity contribution in [3.05, 3.63) is 8.98 Å². The van der Waals surface area contributed by atoms with E-state index in [1.807, 2.05) is 0 Å². The highest BCUT2D eigenvalue weighted by Gasteiger charge is 2.17. The van der Waals surface area contributed by atoms with Crippen LogP contribution in [0.1, 0.15) is 0 Å². The summed E-state index contributed by atoms with van der Waals surface area (Å²) in [5.41, 5.74) is 0. The van der Waals surface area contributed by atoms with Crippen LogP contribution in [0.2, 0.25) is 0 Å². The van der Waals surface area contributed by atoms with Crippen LogP contribution in [0.3, 0.4) is 0 Å². The Balaban J connectivity index is 0. The number of hydrogen-bond acceptors (Lipinski definition) is 0. The molecule has 8 heteroatoms. The highest BCUT2D eigenvalue weighted by Crippen LogP contribution is 2.22. The van der Waals surface area contributed by atoms with Crippen molar-refractivity contribution in [2.45, 2.75) is 4.84 Å². The smallest absolute Gasteiger partial charge is 0.172 e. The predicted octanol–water partition coefficient (Wildman–Crippen LogP) is 5.08. The third-order valence-corrected chi connectivity index (χ3v) is 1.29. The van der Waals surface area contributed by atoms with Gasteiger partial charge in [-0.25, -0.2) is 0 Å². The monoisotopic (exact) mass is 284 g/mol. The van der Waals surface area contributed by atoms with E-state index in [1.54, 1.807) is 0 Å². The molecule has 11 heavy (non-hydrogen) atoms. The summed E-state index contributed by atoms with van der Waals surface area (Å²) in [5.74, 6) is 0. The second kappa shape index (κ2) is 6.81. The fourth-order valence-corrected chi connectivity index (χ4v) is 0. The van der Waals surface area contributed by atoms with Gasteiger partial charge in [0.25, 0.3) is 0 Å². The van der Waals surface area contributed by atoms with E-state index >= 15 is 0 Å². The highest BCUT2D eigenvalue weighted by atomic mass is 35.5. The first kappa shape index (κ1) is 14.8. The lowest BCUT2D eigenvalue weighted by atomic mass is 11.2. The molecular weight excluding hydrogens is 287 g/mol. The maximum atomic E-state index is 10.6. The van der Waals surface area contributed by atoms with E-state index in [4.69, 9.17) is 46.4 Å². The van der Waals surface area contributed by atoms with Crippen LogP contribution in [-0.2, 0) is 0 Å². The zero-order chi connectivity index (χ0) is 9.65. The molecule has 0 nitrogen and oxygen atoms in total. The summed E-state index contributed by atoms with van der Waals surface area (Å²) in [6.07, 6.45) is 0. The first-order valence-corrected chi connectivity index (χ1v) is 4.03. The maximum Gasteiger partial charge on any atom is 0.401 e. The molecule has 0 aromatic rings. The van der Waals surface area contributed by atoms with Crippen LogP contribution in [0.15, 0.2) is 8.98 Å². The molecule has 0 rings (SSSR count). The molecule has 0 bridgehead atoms. The summed E-state index contributed by atoms with van der Waals surface area (Å²) in [6, 6.07) is 0. The van der Waals surface area contributed by atoms with Gasteiger partial charge in [0.1, 0.15) is 8.98 Å². The second-order valence-electron chi connectivity index (χ2n) is 0.949. The van der Waals surface area contributed by atoms with Gasteiger partial charge >= 0.3 is 4.84 Å². The fourth-order valence-electron chi connectivity index (χ4n) is 0. The van der Waals surface area contributed by atoms with E-state index in [9.17, 15) is 8.78 Å². The van der Waals surface area contributed by atoms with Crippen LogP contribution in [0.4, 0.5) is 8.78 Å². The van der Waals surface area contributed by atoms with Gasteiger partial charge in [0.05, 0.1) is 0 Å². The summed E-state index contributed by atoms with van der Waals surface area (Å²) < 4.78 is 20.9. The van der Waals surface area contributed by atoms with Crippen LogP contribution in [0, 0.1) is 0 Å². The van der Waals surface area contributed by atoms with E-state index in [2.05, 4.69) is 23.2 Å². The van der Waals surface area contributed by atoms with Crippen molar-refractivity contribution >= 4 is 69.6 Å². The SMILES string of the molecule is ClC(Cl)=C(Cl)Cl.FC(F)(Cl)Cl. The summed E-state index contributed by atoms with van der Waals surface area (Å²) >= 11 is 27.9. The molecule has 0 saturated carbocycles. The lowest BCUT2D eigenvalue weighted by Crippen LogP contribution is -1.86. The fraction of sp³-hybridized carbons (Fsp3) is 0.333. The number of rotatable bonds is 0. The van der Waals surface area contributed by atoms with Crippen molar-refractivity contribution in [3.63, 3.8) is 0 Å². The summed E-state index contributed by atoms with van der Waals surface area (Å²) in [5, 5.41) is 0.